The fourth-order valence-electron chi connectivity index (χ4n) is 8.02. The first-order chi connectivity index (χ1) is 22.4. The van der Waals surface area contributed by atoms with Gasteiger partial charge in [0.05, 0.1) is 11.4 Å². The summed E-state index contributed by atoms with van der Waals surface area (Å²) < 4.78 is 2.62. The van der Waals surface area contributed by atoms with Gasteiger partial charge in [0.15, 0.2) is 0 Å². The lowest BCUT2D eigenvalue weighted by molar-refractivity contribution is 1.25. The molecule has 0 fully saturated rings. The molecule has 8 aromatic rings. The molecule has 0 aliphatic carbocycles. The summed E-state index contributed by atoms with van der Waals surface area (Å²) in [6, 6.07) is 60.1. The Hall–Kier alpha value is -5.80. The molecule has 0 unspecified atom stereocenters. The molecule has 2 aliphatic heterocycles. The van der Waals surface area contributed by atoms with E-state index in [1.54, 1.807) is 0 Å². The molecule has 0 spiro atoms. The van der Waals surface area contributed by atoms with Gasteiger partial charge in [0, 0.05) is 44.2 Å². The quantitative estimate of drug-likeness (QED) is 0.192. The van der Waals surface area contributed by atoms with Crippen molar-refractivity contribution in [1.82, 2.24) is 4.48 Å². The highest BCUT2D eigenvalue weighted by Gasteiger charge is 2.43. The van der Waals surface area contributed by atoms with Crippen LogP contribution in [0.3, 0.4) is 0 Å². The Morgan fingerprint density at radius 1 is 0.400 bits per heavy atom. The molecule has 208 valence electrons. The molecule has 7 aromatic carbocycles. The first-order valence-electron chi connectivity index (χ1n) is 15.7. The normalized spacial score (nSPS) is 12.8. The Morgan fingerprint density at radius 3 is 1.82 bits per heavy atom. The molecule has 45 heavy (non-hydrogen) atoms. The summed E-state index contributed by atoms with van der Waals surface area (Å²) in [6.07, 6.45) is 0. The Kier molecular flexibility index (Phi) is 5.12. The molecule has 2 nitrogen and oxygen atoms in total. The number of fused-ring (bicyclic) bond motifs is 7. The number of anilines is 3. The second kappa shape index (κ2) is 9.35. The van der Waals surface area contributed by atoms with Crippen molar-refractivity contribution in [1.29, 1.82) is 0 Å². The fourth-order valence-corrected chi connectivity index (χ4v) is 8.02. The molecule has 3 heterocycles. The van der Waals surface area contributed by atoms with Crippen LogP contribution < -0.4 is 15.8 Å². The second-order valence-electron chi connectivity index (χ2n) is 12.1. The van der Waals surface area contributed by atoms with Crippen LogP contribution in [0.1, 0.15) is 0 Å². The van der Waals surface area contributed by atoms with Crippen molar-refractivity contribution in [3.63, 3.8) is 0 Å². The summed E-state index contributed by atoms with van der Waals surface area (Å²) in [7, 11) is 0. The van der Waals surface area contributed by atoms with E-state index in [4.69, 9.17) is 0 Å². The highest BCUT2D eigenvalue weighted by Crippen LogP contribution is 2.49. The maximum atomic E-state index is 2.62. The summed E-state index contributed by atoms with van der Waals surface area (Å²) in [5.74, 6) is 0. The number of benzene rings is 7. The maximum absolute atomic E-state index is 2.62. The van der Waals surface area contributed by atoms with Crippen LogP contribution in [0.4, 0.5) is 17.1 Å². The number of para-hydroxylation sites is 4. The van der Waals surface area contributed by atoms with Crippen molar-refractivity contribution < 1.29 is 0 Å². The topological polar surface area (TPSA) is 8.17 Å². The van der Waals surface area contributed by atoms with E-state index < -0.39 is 0 Å². The Balaban J connectivity index is 1.38. The van der Waals surface area contributed by atoms with Crippen molar-refractivity contribution in [2.24, 2.45) is 0 Å². The van der Waals surface area contributed by atoms with E-state index in [1.165, 1.54) is 83.2 Å². The predicted molar refractivity (Wildman–Crippen MR) is 191 cm³/mol. The van der Waals surface area contributed by atoms with E-state index in [-0.39, 0.29) is 6.85 Å². The number of aromatic nitrogens is 1. The van der Waals surface area contributed by atoms with Crippen molar-refractivity contribution in [2.45, 2.75) is 0 Å². The van der Waals surface area contributed by atoms with E-state index in [2.05, 4.69) is 173 Å². The second-order valence-corrected chi connectivity index (χ2v) is 12.1. The summed E-state index contributed by atoms with van der Waals surface area (Å²) in [6.45, 7) is 0.0345. The van der Waals surface area contributed by atoms with Gasteiger partial charge >= 0.3 is 6.85 Å². The molecule has 0 saturated heterocycles. The zero-order valence-electron chi connectivity index (χ0n) is 24.6. The van der Waals surface area contributed by atoms with Gasteiger partial charge < -0.3 is 9.38 Å². The van der Waals surface area contributed by atoms with Crippen molar-refractivity contribution in [3.8, 4) is 33.4 Å². The van der Waals surface area contributed by atoms with Gasteiger partial charge in [-0.05, 0) is 45.8 Å². The molecule has 3 heteroatoms. The summed E-state index contributed by atoms with van der Waals surface area (Å²) in [4.78, 5) is 2.55. The average Bonchev–Trinajstić information content (AvgIpc) is 3.45. The molecule has 0 amide bonds. The molecule has 0 saturated carbocycles. The predicted octanol–water partition coefficient (Wildman–Crippen LogP) is 9.55. The minimum atomic E-state index is 0.0345. The average molecular weight is 571 g/mol. The molecule has 0 radical (unpaired) electrons. The number of hydrogen-bond acceptors (Lipinski definition) is 1. The zero-order chi connectivity index (χ0) is 29.5. The third-order valence-electron chi connectivity index (χ3n) is 9.78. The Bertz CT molecular complexity index is 2440. The first kappa shape index (κ1) is 24.6. The van der Waals surface area contributed by atoms with Crippen LogP contribution in [0, 0.1) is 0 Å². The zero-order valence-corrected chi connectivity index (χ0v) is 24.6. The van der Waals surface area contributed by atoms with Crippen molar-refractivity contribution in [2.75, 3.05) is 4.90 Å². The van der Waals surface area contributed by atoms with Crippen LogP contribution in [0.25, 0.3) is 55.2 Å². The van der Waals surface area contributed by atoms with E-state index in [0.29, 0.717) is 0 Å². The lowest BCUT2D eigenvalue weighted by Gasteiger charge is -2.42. The third-order valence-corrected chi connectivity index (χ3v) is 9.78. The SMILES string of the molecule is c1ccc(-c2ccccc2N2c3cccc4c3B(c3cccc(-c5ccccc5)c32)n2c3ccccc3c3cccc-4c32)cc1. The summed E-state index contributed by atoms with van der Waals surface area (Å²) in [5.41, 5.74) is 16.4. The number of rotatable bonds is 3. The lowest BCUT2D eigenvalue weighted by Crippen LogP contribution is -2.56. The van der Waals surface area contributed by atoms with E-state index in [1.807, 2.05) is 0 Å². The molecule has 0 atom stereocenters. The van der Waals surface area contributed by atoms with Crippen LogP contribution in [-0.4, -0.2) is 11.3 Å². The molecule has 0 bridgehead atoms. The van der Waals surface area contributed by atoms with Gasteiger partial charge in [-0.15, -0.1) is 0 Å². The maximum Gasteiger partial charge on any atom is 0.333 e. The highest BCUT2D eigenvalue weighted by atomic mass is 15.2. The van der Waals surface area contributed by atoms with Gasteiger partial charge in [0.2, 0.25) is 0 Å². The van der Waals surface area contributed by atoms with Gasteiger partial charge in [-0.3, -0.25) is 0 Å². The highest BCUT2D eigenvalue weighted by molar-refractivity contribution is 6.90. The largest absolute Gasteiger partial charge is 0.375 e. The minimum Gasteiger partial charge on any atom is -0.375 e. The number of hydrogen-bond donors (Lipinski definition) is 0. The molecule has 10 rings (SSSR count). The molecular weight excluding hydrogens is 543 g/mol. The van der Waals surface area contributed by atoms with Crippen LogP contribution in [-0.2, 0) is 0 Å². The minimum absolute atomic E-state index is 0.0345. The summed E-state index contributed by atoms with van der Waals surface area (Å²) >= 11 is 0. The standard InChI is InChI=1S/C42H27BN2/c1-3-14-28(15-4-1)30-18-7-9-25-37(30)44-39-27-13-21-33-35-23-11-22-34-32-19-8-10-26-38(32)45(41(34)35)43(40(33)39)36-24-12-20-31(42(36)44)29-16-5-2-6-17-29/h1-27H. The van der Waals surface area contributed by atoms with Gasteiger partial charge in [-0.2, -0.15) is 0 Å². The van der Waals surface area contributed by atoms with Crippen LogP contribution in [0.2, 0.25) is 0 Å². The first-order valence-corrected chi connectivity index (χ1v) is 15.7. The van der Waals surface area contributed by atoms with Gasteiger partial charge in [-0.25, -0.2) is 0 Å². The van der Waals surface area contributed by atoms with Gasteiger partial charge in [0.1, 0.15) is 0 Å². The van der Waals surface area contributed by atoms with Gasteiger partial charge in [0.25, 0.3) is 0 Å². The van der Waals surface area contributed by atoms with Crippen LogP contribution >= 0.6 is 0 Å². The summed E-state index contributed by atoms with van der Waals surface area (Å²) in [5, 5.41) is 2.62. The fraction of sp³-hybridized carbons (Fsp3) is 0. The number of nitrogens with zero attached hydrogens (tertiary/aromatic N) is 2. The molecular formula is C42H27BN2. The van der Waals surface area contributed by atoms with Crippen molar-refractivity contribution >= 4 is 56.6 Å². The smallest absolute Gasteiger partial charge is 0.333 e. The lowest BCUT2D eigenvalue weighted by atomic mass is 9.45. The molecule has 1 aromatic heterocycles. The van der Waals surface area contributed by atoms with E-state index in [0.717, 1.165) is 0 Å². The van der Waals surface area contributed by atoms with Crippen molar-refractivity contribution in [3.05, 3.63) is 164 Å². The van der Waals surface area contributed by atoms with E-state index >= 15 is 0 Å². The Morgan fingerprint density at radius 2 is 0.978 bits per heavy atom. The molecule has 2 aliphatic rings. The molecule has 0 N–H and O–H groups in total. The Labute approximate surface area is 262 Å². The van der Waals surface area contributed by atoms with E-state index in [9.17, 15) is 0 Å². The third kappa shape index (κ3) is 3.35. The van der Waals surface area contributed by atoms with Crippen LogP contribution in [0.5, 0.6) is 0 Å². The van der Waals surface area contributed by atoms with Crippen LogP contribution in [0.15, 0.2) is 164 Å². The van der Waals surface area contributed by atoms with Gasteiger partial charge in [-0.1, -0.05) is 146 Å². The monoisotopic (exact) mass is 570 g/mol.